The fraction of sp³-hybridized carbons (Fsp3) is 0.385. The Labute approximate surface area is 110 Å². The Morgan fingerprint density at radius 3 is 2.84 bits per heavy atom. The minimum absolute atomic E-state index is 0.182. The van der Waals surface area contributed by atoms with Gasteiger partial charge in [-0.05, 0) is 25.0 Å². The third-order valence-electron chi connectivity index (χ3n) is 3.32. The van der Waals surface area contributed by atoms with Gasteiger partial charge in [0, 0.05) is 13.6 Å². The number of aromatic carboxylic acids is 1. The molecule has 1 heterocycles. The first kappa shape index (κ1) is 13.3. The summed E-state index contributed by atoms with van der Waals surface area (Å²) >= 11 is 0. The van der Waals surface area contributed by atoms with E-state index in [0.717, 1.165) is 12.5 Å². The number of carbonyl (C=O) groups is 2. The third-order valence-corrected chi connectivity index (χ3v) is 3.32. The zero-order chi connectivity index (χ0) is 14.0. The standard InChI is InChI=1S/C13H15FN2O3/c1-15-12(17)10-6-3-7-16(10)9-5-2-4-8(14)11(9)13(18)19/h2,4-5,10H,3,6-7H2,1H3,(H,15,17)(H,18,19). The number of carbonyl (C=O) groups excluding carboxylic acids is 1. The minimum Gasteiger partial charge on any atom is -0.478 e. The highest BCUT2D eigenvalue weighted by atomic mass is 19.1. The minimum atomic E-state index is -1.32. The molecule has 0 bridgehead atoms. The Kier molecular flexibility index (Phi) is 3.69. The van der Waals surface area contributed by atoms with Crippen molar-refractivity contribution in [1.82, 2.24) is 5.32 Å². The lowest BCUT2D eigenvalue weighted by atomic mass is 10.1. The third kappa shape index (κ3) is 2.38. The zero-order valence-electron chi connectivity index (χ0n) is 10.5. The molecule has 5 nitrogen and oxygen atoms in total. The molecule has 0 saturated carbocycles. The number of halogens is 1. The molecule has 1 saturated heterocycles. The molecule has 0 aliphatic carbocycles. The van der Waals surface area contributed by atoms with E-state index in [1.807, 2.05) is 0 Å². The van der Waals surface area contributed by atoms with Crippen molar-refractivity contribution in [3.05, 3.63) is 29.6 Å². The Hall–Kier alpha value is -2.11. The summed E-state index contributed by atoms with van der Waals surface area (Å²) in [5.41, 5.74) is -0.114. The lowest BCUT2D eigenvalue weighted by Crippen LogP contribution is -2.42. The van der Waals surface area contributed by atoms with Gasteiger partial charge in [0.25, 0.3) is 0 Å². The van der Waals surface area contributed by atoms with Crippen LogP contribution in [0.1, 0.15) is 23.2 Å². The van der Waals surface area contributed by atoms with Crippen molar-refractivity contribution >= 4 is 17.6 Å². The topological polar surface area (TPSA) is 69.6 Å². The van der Waals surface area contributed by atoms with E-state index in [1.54, 1.807) is 4.90 Å². The Bertz CT molecular complexity index is 519. The monoisotopic (exact) mass is 266 g/mol. The summed E-state index contributed by atoms with van der Waals surface area (Å²) in [6.07, 6.45) is 1.41. The van der Waals surface area contributed by atoms with Crippen molar-refractivity contribution in [3.8, 4) is 0 Å². The van der Waals surface area contributed by atoms with E-state index in [9.17, 15) is 14.0 Å². The summed E-state index contributed by atoms with van der Waals surface area (Å²) in [7, 11) is 1.53. The summed E-state index contributed by atoms with van der Waals surface area (Å²) in [5.74, 6) is -2.29. The first-order valence-corrected chi connectivity index (χ1v) is 6.06. The van der Waals surface area contributed by atoms with E-state index >= 15 is 0 Å². The highest BCUT2D eigenvalue weighted by Crippen LogP contribution is 2.30. The molecular formula is C13H15FN2O3. The molecule has 2 rings (SSSR count). The van der Waals surface area contributed by atoms with E-state index < -0.39 is 17.8 Å². The van der Waals surface area contributed by atoms with Crippen molar-refractivity contribution in [2.24, 2.45) is 0 Å². The number of nitrogens with zero attached hydrogens (tertiary/aromatic N) is 1. The number of amides is 1. The molecule has 1 aromatic carbocycles. The average molecular weight is 266 g/mol. The zero-order valence-corrected chi connectivity index (χ0v) is 10.5. The van der Waals surface area contributed by atoms with Crippen molar-refractivity contribution in [2.75, 3.05) is 18.5 Å². The summed E-state index contributed by atoms with van der Waals surface area (Å²) in [6.45, 7) is 0.543. The molecule has 6 heteroatoms. The molecule has 1 atom stereocenters. The molecule has 1 fully saturated rings. The molecule has 2 N–H and O–H groups in total. The van der Waals surface area contributed by atoms with Crippen LogP contribution >= 0.6 is 0 Å². The molecule has 1 aliphatic rings. The summed E-state index contributed by atoms with van der Waals surface area (Å²) < 4.78 is 13.7. The van der Waals surface area contributed by atoms with E-state index in [4.69, 9.17) is 5.11 Å². The van der Waals surface area contributed by atoms with Crippen molar-refractivity contribution in [1.29, 1.82) is 0 Å². The fourth-order valence-electron chi connectivity index (χ4n) is 2.46. The molecular weight excluding hydrogens is 251 g/mol. The van der Waals surface area contributed by atoms with Crippen molar-refractivity contribution in [2.45, 2.75) is 18.9 Å². The molecule has 19 heavy (non-hydrogen) atoms. The van der Waals surface area contributed by atoms with Gasteiger partial charge in [0.15, 0.2) is 0 Å². The molecule has 102 valence electrons. The number of carboxylic acid groups (broad SMARTS) is 1. The number of anilines is 1. The lowest BCUT2D eigenvalue weighted by Gasteiger charge is -2.26. The van der Waals surface area contributed by atoms with Crippen LogP contribution in [0, 0.1) is 5.82 Å². The number of nitrogens with one attached hydrogen (secondary N) is 1. The second-order valence-electron chi connectivity index (χ2n) is 4.40. The average Bonchev–Trinajstić information content (AvgIpc) is 2.86. The maximum absolute atomic E-state index is 13.7. The van der Waals surface area contributed by atoms with Gasteiger partial charge in [-0.15, -0.1) is 0 Å². The van der Waals surface area contributed by atoms with Crippen LogP contribution in [-0.2, 0) is 4.79 Å². The lowest BCUT2D eigenvalue weighted by molar-refractivity contribution is -0.121. The van der Waals surface area contributed by atoms with Gasteiger partial charge in [0.05, 0.1) is 5.69 Å². The van der Waals surface area contributed by atoms with Crippen LogP contribution in [0.5, 0.6) is 0 Å². The number of carboxylic acids is 1. The Morgan fingerprint density at radius 2 is 2.21 bits per heavy atom. The number of benzene rings is 1. The van der Waals surface area contributed by atoms with Gasteiger partial charge < -0.3 is 15.3 Å². The maximum Gasteiger partial charge on any atom is 0.340 e. The Morgan fingerprint density at radius 1 is 1.47 bits per heavy atom. The maximum atomic E-state index is 13.7. The normalized spacial score (nSPS) is 18.4. The number of hydrogen-bond acceptors (Lipinski definition) is 3. The largest absolute Gasteiger partial charge is 0.478 e. The van der Waals surface area contributed by atoms with Crippen LogP contribution in [0.15, 0.2) is 18.2 Å². The molecule has 1 amide bonds. The molecule has 0 spiro atoms. The summed E-state index contributed by atoms with van der Waals surface area (Å²) in [6, 6.07) is 3.66. The number of rotatable bonds is 3. The fourth-order valence-corrected chi connectivity index (χ4v) is 2.46. The van der Waals surface area contributed by atoms with E-state index in [-0.39, 0.29) is 17.2 Å². The number of hydrogen-bond donors (Lipinski definition) is 2. The Balaban J connectivity index is 2.44. The SMILES string of the molecule is CNC(=O)C1CCCN1c1cccc(F)c1C(=O)O. The second kappa shape index (κ2) is 5.26. The van der Waals surface area contributed by atoms with Gasteiger partial charge in [-0.1, -0.05) is 6.07 Å². The predicted molar refractivity (Wildman–Crippen MR) is 67.8 cm³/mol. The molecule has 1 aromatic rings. The first-order chi connectivity index (χ1) is 9.06. The van der Waals surface area contributed by atoms with E-state index in [0.29, 0.717) is 13.0 Å². The van der Waals surface area contributed by atoms with Crippen LogP contribution < -0.4 is 10.2 Å². The van der Waals surface area contributed by atoms with E-state index in [1.165, 1.54) is 19.2 Å². The van der Waals surface area contributed by atoms with Crippen LogP contribution in [0.25, 0.3) is 0 Å². The molecule has 0 aromatic heterocycles. The van der Waals surface area contributed by atoms with Crippen LogP contribution in [0.3, 0.4) is 0 Å². The van der Waals surface area contributed by atoms with Gasteiger partial charge in [0.2, 0.25) is 5.91 Å². The van der Waals surface area contributed by atoms with Gasteiger partial charge in [-0.2, -0.15) is 0 Å². The quantitative estimate of drug-likeness (QED) is 0.863. The van der Waals surface area contributed by atoms with Crippen LogP contribution in [0.2, 0.25) is 0 Å². The van der Waals surface area contributed by atoms with Crippen molar-refractivity contribution in [3.63, 3.8) is 0 Å². The molecule has 0 radical (unpaired) electrons. The highest BCUT2D eigenvalue weighted by Gasteiger charge is 2.33. The van der Waals surface area contributed by atoms with Gasteiger partial charge in [0.1, 0.15) is 17.4 Å². The number of likely N-dealkylation sites (N-methyl/N-ethyl adjacent to an activating group) is 1. The highest BCUT2D eigenvalue weighted by molar-refractivity contribution is 5.96. The summed E-state index contributed by atoms with van der Waals surface area (Å²) in [4.78, 5) is 24.6. The van der Waals surface area contributed by atoms with Crippen molar-refractivity contribution < 1.29 is 19.1 Å². The van der Waals surface area contributed by atoms with Gasteiger partial charge in [-0.25, -0.2) is 9.18 Å². The van der Waals surface area contributed by atoms with E-state index in [2.05, 4.69) is 5.32 Å². The smallest absolute Gasteiger partial charge is 0.340 e. The molecule has 1 unspecified atom stereocenters. The summed E-state index contributed by atoms with van der Waals surface area (Å²) in [5, 5.41) is 11.7. The predicted octanol–water partition coefficient (Wildman–Crippen LogP) is 1.24. The van der Waals surface area contributed by atoms with Crippen LogP contribution in [0.4, 0.5) is 10.1 Å². The van der Waals surface area contributed by atoms with Gasteiger partial charge >= 0.3 is 5.97 Å². The molecule has 1 aliphatic heterocycles. The second-order valence-corrected chi connectivity index (χ2v) is 4.40. The van der Waals surface area contributed by atoms with Crippen LogP contribution in [-0.4, -0.2) is 36.6 Å². The van der Waals surface area contributed by atoms with Gasteiger partial charge in [-0.3, -0.25) is 4.79 Å². The first-order valence-electron chi connectivity index (χ1n) is 6.06.